The Balaban J connectivity index is 0.000000245. The number of likely N-dealkylation sites (N-methyl/N-ethyl adjacent to an activating group) is 2. The number of carbonyl (C=O) groups is 15. The molecule has 3 aliphatic carbocycles. The third-order valence-corrected chi connectivity index (χ3v) is 35.2. The van der Waals surface area contributed by atoms with Crippen LogP contribution in [0.1, 0.15) is 256 Å². The summed E-state index contributed by atoms with van der Waals surface area (Å²) in [4.78, 5) is 196. The van der Waals surface area contributed by atoms with Crippen LogP contribution in [0.25, 0.3) is 0 Å². The smallest absolute Gasteiger partial charge is 0.315 e. The largest absolute Gasteiger partial charge is 0.483 e. The van der Waals surface area contributed by atoms with Crippen LogP contribution in [-0.4, -0.2) is 248 Å². The van der Waals surface area contributed by atoms with E-state index in [4.69, 9.17) is 32.8 Å². The molecule has 17 atom stereocenters. The van der Waals surface area contributed by atoms with Gasteiger partial charge in [0.2, 0.25) is 52.8 Å². The van der Waals surface area contributed by atoms with Crippen LogP contribution in [0.3, 0.4) is 0 Å². The molecule has 9 aliphatic rings. The van der Waals surface area contributed by atoms with Gasteiger partial charge in [-0.15, -0.1) is 22.7 Å². The number of urea groups is 2. The number of hydrogen-bond donors (Lipinski definition) is 12. The maximum absolute atomic E-state index is 14.3. The van der Waals surface area contributed by atoms with E-state index in [-0.39, 0.29) is 116 Å². The summed E-state index contributed by atoms with van der Waals surface area (Å²) < 4.78 is 55.5. The molecule has 2 aromatic heterocycles. The zero-order valence-corrected chi connectivity index (χ0v) is 82.1. The number of fused-ring (bicyclic) bond motifs is 9. The molecule has 734 valence electrons. The third-order valence-electron chi connectivity index (χ3n) is 28.8. The number of Topliss-reactive ketones (excluding diaryl/α,β-unsaturated/α-hetero) is 3. The van der Waals surface area contributed by atoms with Crippen molar-refractivity contribution in [2.24, 2.45) is 85.5 Å². The van der Waals surface area contributed by atoms with Crippen LogP contribution >= 0.6 is 22.7 Å². The van der Waals surface area contributed by atoms with Crippen molar-refractivity contribution >= 4 is 132 Å². The Morgan fingerprint density at radius 2 is 0.710 bits per heavy atom. The second kappa shape index (κ2) is 46.1. The van der Waals surface area contributed by atoms with Gasteiger partial charge in [-0.1, -0.05) is 230 Å². The Kier molecular flexibility index (Phi) is 37.9. The summed E-state index contributed by atoms with van der Waals surface area (Å²) in [5, 5.41) is 30.2. The molecule has 13 amide bonds. The van der Waals surface area contributed by atoms with Gasteiger partial charge < -0.3 is 80.0 Å². The second-order valence-electron chi connectivity index (χ2n) is 41.0. The summed E-state index contributed by atoms with van der Waals surface area (Å²) in [6.45, 7) is 24.7. The van der Waals surface area contributed by atoms with E-state index in [0.717, 1.165) is 132 Å². The molecule has 40 heteroatoms. The summed E-state index contributed by atoms with van der Waals surface area (Å²) in [6, 6.07) is -3.92. The number of piperidine rings is 3. The highest BCUT2D eigenvalue weighted by Gasteiger charge is 2.72. The minimum absolute atomic E-state index is 0.00771. The number of carboxylic acid groups (broad SMARTS) is 1. The number of nitrogens with one attached hydrogen (secondary N) is 7. The number of ketones is 3. The second-order valence-corrected chi connectivity index (χ2v) is 47.5. The maximum Gasteiger partial charge on any atom is 0.315 e. The van der Waals surface area contributed by atoms with Gasteiger partial charge in [0.15, 0.2) is 0 Å². The lowest BCUT2D eigenvalue weighted by Gasteiger charge is -2.36. The topological polar surface area (TPSA) is 549 Å². The summed E-state index contributed by atoms with van der Waals surface area (Å²) in [5.74, 6) is -7.91. The molecule has 0 unspecified atom stereocenters. The van der Waals surface area contributed by atoms with E-state index in [1.165, 1.54) is 44.6 Å². The Bertz CT molecular complexity index is 4390. The van der Waals surface area contributed by atoms with Crippen LogP contribution < -0.4 is 60.2 Å². The molecular weight excluding hydrogens is 1770 g/mol. The zero-order chi connectivity index (χ0) is 97.4. The number of nitrogens with zero attached hydrogens (tertiary/aromatic N) is 5. The summed E-state index contributed by atoms with van der Waals surface area (Å²) >= 11 is 2.24. The van der Waals surface area contributed by atoms with Crippen molar-refractivity contribution in [1.82, 2.24) is 60.5 Å². The standard InChI is InChI=1S/2C34H54N6O7S2.C22H36N4O4.CH2O2/c2*1-33(2,3)24(20-39(6)49(46,47)25-17-14-18-48-25)38-32(45)37-23-16-13-11-9-7-8-10-12-15-22(28(41)29(35)42)36-30(43)27-26-21(34(26,4)5)19-40(27)31(23)44;1-22(2)13-12-26-17(16(13)22)20(29)25-15(18(27)19(24)28)11-9-7-5-3-4-6-8-10-14(23)21(26)30;2-1-3/h2*14,17-18,21-24,26-27H,7-13,15-16,19-20H2,1-6H3,(H2,35,42)(H,36,43)(H2,37,38,45);13-17H,3-12,23H2,1-2H3,(H2,24,28)(H,25,29);1H,(H,2,3)/t2*21-,22-,23-,24+,26-,27-;13-,14-,15-,16-,17-;/m000./s1. The van der Waals surface area contributed by atoms with Gasteiger partial charge in [0.25, 0.3) is 44.2 Å². The van der Waals surface area contributed by atoms with E-state index in [2.05, 4.69) is 51.1 Å². The lowest BCUT2D eigenvalue weighted by Crippen LogP contribution is -2.60. The quantitative estimate of drug-likeness (QED) is 0.0555. The van der Waals surface area contributed by atoms with Crippen LogP contribution in [0.5, 0.6) is 0 Å². The fourth-order valence-corrected chi connectivity index (χ4v) is 24.9. The van der Waals surface area contributed by atoms with Crippen molar-refractivity contribution in [1.29, 1.82) is 0 Å². The molecule has 16 N–H and O–H groups in total. The van der Waals surface area contributed by atoms with Gasteiger partial charge in [0.05, 0.1) is 24.2 Å². The lowest BCUT2D eigenvalue weighted by atomic mass is 9.86. The Hall–Kier alpha value is -8.57. The molecule has 0 spiro atoms. The molecule has 3 saturated carbocycles. The predicted molar refractivity (Wildman–Crippen MR) is 494 cm³/mol. The van der Waals surface area contributed by atoms with Crippen molar-refractivity contribution in [3.05, 3.63) is 35.0 Å². The summed E-state index contributed by atoms with van der Waals surface area (Å²) in [7, 11) is -4.57. The first-order valence-electron chi connectivity index (χ1n) is 46.6. The zero-order valence-electron chi connectivity index (χ0n) is 78.9. The van der Waals surface area contributed by atoms with Gasteiger partial charge in [-0.2, -0.15) is 8.61 Å². The Morgan fingerprint density at radius 3 is 0.962 bits per heavy atom. The summed E-state index contributed by atoms with van der Waals surface area (Å²) in [5.41, 5.74) is 20.6. The normalized spacial score (nSPS) is 28.6. The molecule has 6 aliphatic heterocycles. The van der Waals surface area contributed by atoms with E-state index in [9.17, 15) is 84.0 Å². The average Bonchev–Trinajstić information content (AvgIpc) is 1.53. The molecule has 6 saturated heterocycles. The van der Waals surface area contributed by atoms with Crippen LogP contribution in [-0.2, 0) is 82.4 Å². The number of thiophene rings is 2. The van der Waals surface area contributed by atoms with Crippen LogP contribution in [0.2, 0.25) is 0 Å². The molecule has 0 radical (unpaired) electrons. The highest BCUT2D eigenvalue weighted by atomic mass is 32.3. The number of rotatable bonds is 18. The van der Waals surface area contributed by atoms with Gasteiger partial charge in [-0.05, 0) is 124 Å². The van der Waals surface area contributed by atoms with Gasteiger partial charge >= 0.3 is 12.1 Å². The minimum Gasteiger partial charge on any atom is -0.483 e. The van der Waals surface area contributed by atoms with Crippen LogP contribution in [0, 0.1) is 62.6 Å². The number of nitrogens with two attached hydrogens (primary N) is 4. The van der Waals surface area contributed by atoms with Crippen molar-refractivity contribution < 1.29 is 93.9 Å². The van der Waals surface area contributed by atoms with Crippen molar-refractivity contribution in [3.8, 4) is 0 Å². The molecule has 8 heterocycles. The molecule has 131 heavy (non-hydrogen) atoms. The molecule has 0 bridgehead atoms. The highest BCUT2D eigenvalue weighted by Crippen LogP contribution is 2.67. The van der Waals surface area contributed by atoms with E-state index < -0.39 is 156 Å². The molecular formula is C91H146N16O20S4. The van der Waals surface area contributed by atoms with Crippen molar-refractivity contribution in [2.45, 2.75) is 331 Å². The Morgan fingerprint density at radius 1 is 0.458 bits per heavy atom. The summed E-state index contributed by atoms with van der Waals surface area (Å²) in [6.07, 6.45) is 20.8. The SMILES string of the molecule is CC1(C)[C@@H]2[C@H]3C(=O)N[C@H](C(=O)C(N)=O)CCCCCCCCC[C@H](N)C(=O)N3C[C@@H]21.CN(C[C@@H](NC(=O)N[C@H]1CCCCCCCCC[C@@H](C(=O)C(N)=O)NC(=O)[C@@H]2[C@@H]3[C@H](CN2C1=O)C3(C)C)C(C)(C)C)S(=O)(=O)c1cccs1.CN(C[C@@H](NC(=O)N[C@H]1CCCCCCCCC[C@@H](C(=O)C(N)=O)NC(=O)[C@@H]2[C@@H]3[C@H](CN2C1=O)C3(C)C)C(C)(C)C)S(=O)(=O)c1cccs1.O=CO. The molecule has 36 nitrogen and oxygen atoms in total. The highest BCUT2D eigenvalue weighted by molar-refractivity contribution is 7.91. The third kappa shape index (κ3) is 27.4. The van der Waals surface area contributed by atoms with Gasteiger partial charge in [0, 0.05) is 58.9 Å². The molecule has 9 fully saturated rings. The molecule has 0 aromatic carbocycles. The lowest BCUT2D eigenvalue weighted by molar-refractivity contribution is -0.143. The van der Waals surface area contributed by atoms with E-state index in [1.807, 2.05) is 69.2 Å². The number of primary amides is 3. The number of hydrogen-bond acceptors (Lipinski definition) is 22. The van der Waals surface area contributed by atoms with E-state index in [1.54, 1.807) is 27.8 Å². The average molecular weight is 1910 g/mol. The fraction of sp³-hybridized carbons (Fsp3) is 0.747. The maximum atomic E-state index is 14.3. The Labute approximate surface area is 780 Å². The minimum atomic E-state index is -3.76. The first kappa shape index (κ1) is 108. The van der Waals surface area contributed by atoms with Crippen molar-refractivity contribution in [3.63, 3.8) is 0 Å². The monoisotopic (exact) mass is 1910 g/mol. The van der Waals surface area contributed by atoms with Crippen LogP contribution in [0.15, 0.2) is 43.4 Å². The van der Waals surface area contributed by atoms with Gasteiger partial charge in [-0.3, -0.25) is 62.3 Å². The predicted octanol–water partition coefficient (Wildman–Crippen LogP) is 6.56. The molecule has 11 rings (SSSR count). The van der Waals surface area contributed by atoms with Gasteiger partial charge in [0.1, 0.15) is 38.6 Å². The van der Waals surface area contributed by atoms with Crippen LogP contribution in [0.4, 0.5) is 9.59 Å². The first-order valence-corrected chi connectivity index (χ1v) is 51.3. The number of sulfonamides is 2. The number of amides is 13. The van der Waals surface area contributed by atoms with E-state index in [0.29, 0.717) is 71.0 Å². The van der Waals surface area contributed by atoms with E-state index >= 15 is 0 Å². The first-order chi connectivity index (χ1) is 61.3. The van der Waals surface area contributed by atoms with Crippen molar-refractivity contribution in [2.75, 3.05) is 46.8 Å². The molecule has 2 aromatic rings. The number of carbonyl (C=O) groups excluding carboxylic acids is 14. The van der Waals surface area contributed by atoms with Gasteiger partial charge in [-0.25, -0.2) is 26.4 Å². The fourth-order valence-electron chi connectivity index (χ4n) is 20.2.